The first-order valence-corrected chi connectivity index (χ1v) is 6.15. The molecule has 0 aliphatic heterocycles. The third-order valence-corrected chi connectivity index (χ3v) is 2.72. The van der Waals surface area contributed by atoms with Gasteiger partial charge < -0.3 is 9.47 Å². The lowest BCUT2D eigenvalue weighted by Crippen LogP contribution is -2.05. The van der Waals surface area contributed by atoms with E-state index >= 15 is 0 Å². The summed E-state index contributed by atoms with van der Waals surface area (Å²) in [5, 5.41) is 0. The van der Waals surface area contributed by atoms with Crippen LogP contribution in [0, 0.1) is 0 Å². The van der Waals surface area contributed by atoms with E-state index in [-0.39, 0.29) is 19.2 Å². The fourth-order valence-electron chi connectivity index (χ4n) is 1.67. The maximum absolute atomic E-state index is 11.8. The second-order valence-electron chi connectivity index (χ2n) is 4.17. The summed E-state index contributed by atoms with van der Waals surface area (Å²) < 4.78 is 9.84. The lowest BCUT2D eigenvalue weighted by molar-refractivity contribution is -0.129. The lowest BCUT2D eigenvalue weighted by Gasteiger charge is -2.05. The Balaban J connectivity index is 1.90. The molecule has 0 N–H and O–H groups in total. The monoisotopic (exact) mass is 270 g/mol. The van der Waals surface area contributed by atoms with Gasteiger partial charge in [0.05, 0.1) is 5.56 Å². The molecule has 0 saturated heterocycles. The number of hydrogen-bond acceptors (Lipinski definition) is 4. The van der Waals surface area contributed by atoms with Gasteiger partial charge in [0.1, 0.15) is 13.2 Å². The Hall–Kier alpha value is -2.62. The number of hydrogen-bond donors (Lipinski definition) is 0. The first-order chi connectivity index (χ1) is 9.79. The number of ether oxygens (including phenoxy) is 2. The van der Waals surface area contributed by atoms with Crippen molar-refractivity contribution in [3.8, 4) is 0 Å². The minimum Gasteiger partial charge on any atom is -0.463 e. The van der Waals surface area contributed by atoms with E-state index in [1.807, 2.05) is 30.3 Å². The molecule has 0 atom stereocenters. The molecule has 0 aromatic heterocycles. The summed E-state index contributed by atoms with van der Waals surface area (Å²) in [6.07, 6.45) is 0. The highest BCUT2D eigenvalue weighted by atomic mass is 16.5. The Morgan fingerprint density at radius 2 is 1.55 bits per heavy atom. The molecule has 102 valence electrons. The molecule has 0 fully saturated rings. The van der Waals surface area contributed by atoms with Gasteiger partial charge in [0.2, 0.25) is 0 Å². The van der Waals surface area contributed by atoms with E-state index in [0.29, 0.717) is 12.0 Å². The van der Waals surface area contributed by atoms with Crippen LogP contribution in [0.2, 0.25) is 0 Å². The zero-order chi connectivity index (χ0) is 14.2. The van der Waals surface area contributed by atoms with Crippen molar-refractivity contribution in [3.05, 3.63) is 71.3 Å². The van der Waals surface area contributed by atoms with Gasteiger partial charge in [0, 0.05) is 0 Å². The van der Waals surface area contributed by atoms with Gasteiger partial charge in [0.15, 0.2) is 0 Å². The number of carbonyl (C=O) groups excluding carboxylic acids is 2. The molecule has 0 saturated carbocycles. The molecule has 0 unspecified atom stereocenters. The van der Waals surface area contributed by atoms with Crippen LogP contribution in [-0.4, -0.2) is 12.4 Å². The fourth-order valence-corrected chi connectivity index (χ4v) is 1.67. The van der Waals surface area contributed by atoms with E-state index < -0.39 is 0 Å². The topological polar surface area (TPSA) is 52.6 Å². The SMILES string of the molecule is O=COCc1ccc(C(=O)OCc2ccccc2)cc1. The van der Waals surface area contributed by atoms with E-state index in [1.165, 1.54) is 0 Å². The highest BCUT2D eigenvalue weighted by Crippen LogP contribution is 2.09. The largest absolute Gasteiger partial charge is 0.463 e. The third-order valence-electron chi connectivity index (χ3n) is 2.72. The van der Waals surface area contributed by atoms with Gasteiger partial charge in [-0.15, -0.1) is 0 Å². The third kappa shape index (κ3) is 3.95. The fraction of sp³-hybridized carbons (Fsp3) is 0.125. The smallest absolute Gasteiger partial charge is 0.338 e. The standard InChI is InChI=1S/C16H14O4/c17-12-19-10-14-6-8-15(9-7-14)16(18)20-11-13-4-2-1-3-5-13/h1-9,12H,10-11H2. The molecule has 0 radical (unpaired) electrons. The maximum atomic E-state index is 11.8. The molecule has 20 heavy (non-hydrogen) atoms. The number of carbonyl (C=O) groups is 2. The normalized spacial score (nSPS) is 9.80. The maximum Gasteiger partial charge on any atom is 0.338 e. The van der Waals surface area contributed by atoms with E-state index in [0.717, 1.165) is 11.1 Å². The zero-order valence-electron chi connectivity index (χ0n) is 10.8. The quantitative estimate of drug-likeness (QED) is 0.598. The van der Waals surface area contributed by atoms with Crippen molar-refractivity contribution in [1.82, 2.24) is 0 Å². The van der Waals surface area contributed by atoms with Crippen LogP contribution in [0.25, 0.3) is 0 Å². The molecule has 0 bridgehead atoms. The van der Waals surface area contributed by atoms with Gasteiger partial charge in [-0.05, 0) is 23.3 Å². The minimum absolute atomic E-state index is 0.197. The summed E-state index contributed by atoms with van der Waals surface area (Å²) in [6, 6.07) is 16.2. The van der Waals surface area contributed by atoms with Gasteiger partial charge >= 0.3 is 5.97 Å². The molecule has 0 aliphatic rings. The van der Waals surface area contributed by atoms with E-state index in [2.05, 4.69) is 4.74 Å². The molecule has 0 spiro atoms. The second-order valence-corrected chi connectivity index (χ2v) is 4.17. The van der Waals surface area contributed by atoms with Crippen molar-refractivity contribution in [1.29, 1.82) is 0 Å². The summed E-state index contributed by atoms with van der Waals surface area (Å²) in [7, 11) is 0. The first-order valence-electron chi connectivity index (χ1n) is 6.15. The van der Waals surface area contributed by atoms with Gasteiger partial charge in [0.25, 0.3) is 6.47 Å². The van der Waals surface area contributed by atoms with Crippen molar-refractivity contribution in [2.45, 2.75) is 13.2 Å². The van der Waals surface area contributed by atoms with Crippen LogP contribution in [0.5, 0.6) is 0 Å². The minimum atomic E-state index is -0.378. The molecule has 4 nitrogen and oxygen atoms in total. The molecule has 2 rings (SSSR count). The van der Waals surface area contributed by atoms with Crippen LogP contribution in [-0.2, 0) is 27.5 Å². The Labute approximate surface area is 116 Å². The van der Waals surface area contributed by atoms with Crippen molar-refractivity contribution in [2.24, 2.45) is 0 Å². The van der Waals surface area contributed by atoms with Crippen LogP contribution in [0.1, 0.15) is 21.5 Å². The van der Waals surface area contributed by atoms with Crippen LogP contribution in [0.4, 0.5) is 0 Å². The molecule has 0 amide bonds. The van der Waals surface area contributed by atoms with Gasteiger partial charge in [-0.1, -0.05) is 42.5 Å². The Morgan fingerprint density at radius 3 is 2.20 bits per heavy atom. The highest BCUT2D eigenvalue weighted by molar-refractivity contribution is 5.89. The van der Waals surface area contributed by atoms with Crippen LogP contribution >= 0.6 is 0 Å². The average Bonchev–Trinajstić information content (AvgIpc) is 2.52. The predicted octanol–water partition coefficient (Wildman–Crippen LogP) is 2.72. The summed E-state index contributed by atoms with van der Waals surface area (Å²) in [5.74, 6) is -0.378. The Bertz CT molecular complexity index is 561. The predicted molar refractivity (Wildman–Crippen MR) is 72.9 cm³/mol. The summed E-state index contributed by atoms with van der Waals surface area (Å²) >= 11 is 0. The molecule has 0 heterocycles. The number of benzene rings is 2. The molecule has 2 aromatic carbocycles. The molecule has 0 aliphatic carbocycles. The van der Waals surface area contributed by atoms with Crippen LogP contribution < -0.4 is 0 Å². The molecule has 2 aromatic rings. The van der Waals surface area contributed by atoms with E-state index in [1.54, 1.807) is 24.3 Å². The van der Waals surface area contributed by atoms with E-state index in [4.69, 9.17) is 4.74 Å². The molecular weight excluding hydrogens is 256 g/mol. The molecular formula is C16H14O4. The average molecular weight is 270 g/mol. The summed E-state index contributed by atoms with van der Waals surface area (Å²) in [4.78, 5) is 21.9. The number of rotatable bonds is 6. The Morgan fingerprint density at radius 1 is 0.900 bits per heavy atom. The van der Waals surface area contributed by atoms with Gasteiger partial charge in [-0.3, -0.25) is 4.79 Å². The molecule has 4 heteroatoms. The Kier molecular flexibility index (Phi) is 4.89. The summed E-state index contributed by atoms with van der Waals surface area (Å²) in [6.45, 7) is 0.834. The van der Waals surface area contributed by atoms with Crippen molar-refractivity contribution in [3.63, 3.8) is 0 Å². The van der Waals surface area contributed by atoms with Gasteiger partial charge in [-0.2, -0.15) is 0 Å². The van der Waals surface area contributed by atoms with Gasteiger partial charge in [-0.25, -0.2) is 4.79 Å². The van der Waals surface area contributed by atoms with Crippen molar-refractivity contribution >= 4 is 12.4 Å². The second kappa shape index (κ2) is 7.09. The van der Waals surface area contributed by atoms with Crippen molar-refractivity contribution < 1.29 is 19.1 Å². The lowest BCUT2D eigenvalue weighted by atomic mass is 10.1. The van der Waals surface area contributed by atoms with Crippen molar-refractivity contribution in [2.75, 3.05) is 0 Å². The summed E-state index contributed by atoms with van der Waals surface area (Å²) in [5.41, 5.74) is 2.23. The highest BCUT2D eigenvalue weighted by Gasteiger charge is 2.07. The van der Waals surface area contributed by atoms with Crippen LogP contribution in [0.3, 0.4) is 0 Å². The zero-order valence-corrected chi connectivity index (χ0v) is 10.8. The number of esters is 1. The van der Waals surface area contributed by atoms with E-state index in [9.17, 15) is 9.59 Å². The first kappa shape index (κ1) is 13.8. The van der Waals surface area contributed by atoms with Crippen LogP contribution in [0.15, 0.2) is 54.6 Å².